The first kappa shape index (κ1) is 59.4. The molecule has 12 nitrogen and oxygen atoms in total. The lowest BCUT2D eigenvalue weighted by molar-refractivity contribution is -0.144. The van der Waals surface area contributed by atoms with Crippen molar-refractivity contribution in [3.05, 3.63) is 0 Å². The minimum Gasteiger partial charge on any atom is -0.464 e. The van der Waals surface area contributed by atoms with Gasteiger partial charge >= 0.3 is 24.1 Å². The molecule has 2 amide bonds. The molecule has 1 rings (SSSR count). The molecule has 1 aliphatic rings. The number of nitrogens with one attached hydrogen (secondary N) is 2. The maximum absolute atomic E-state index is 12.8. The fourth-order valence-electron chi connectivity index (χ4n) is 8.42. The van der Waals surface area contributed by atoms with Gasteiger partial charge in [0.2, 0.25) is 0 Å². The molecule has 0 spiro atoms. The van der Waals surface area contributed by atoms with E-state index in [1.54, 1.807) is 0 Å². The molecule has 12 heteroatoms. The molecule has 0 saturated carbocycles. The van der Waals surface area contributed by atoms with Crippen molar-refractivity contribution in [1.82, 2.24) is 20.4 Å². The molecule has 2 N–H and O–H groups in total. The van der Waals surface area contributed by atoms with Crippen molar-refractivity contribution in [2.45, 2.75) is 245 Å². The van der Waals surface area contributed by atoms with Gasteiger partial charge in [0.05, 0.1) is 25.9 Å². The highest BCUT2D eigenvalue weighted by molar-refractivity contribution is 5.71. The van der Waals surface area contributed by atoms with Crippen LogP contribution < -0.4 is 10.6 Å². The van der Waals surface area contributed by atoms with E-state index in [4.69, 9.17) is 18.9 Å². The molecular formula is C52H100N4O8. The van der Waals surface area contributed by atoms with Crippen LogP contribution in [-0.2, 0) is 28.5 Å². The quantitative estimate of drug-likeness (QED) is 0.0345. The number of amides is 2. The summed E-state index contributed by atoms with van der Waals surface area (Å²) in [4.78, 5) is 55.4. The van der Waals surface area contributed by atoms with E-state index in [2.05, 4.69) is 48.1 Å². The number of carbonyl (C=O) groups is 4. The van der Waals surface area contributed by atoms with Crippen molar-refractivity contribution in [1.29, 1.82) is 0 Å². The number of hydrogen-bond donors (Lipinski definition) is 2. The average Bonchev–Trinajstić information content (AvgIpc) is 3.82. The van der Waals surface area contributed by atoms with E-state index < -0.39 is 12.2 Å². The molecule has 0 bridgehead atoms. The summed E-state index contributed by atoms with van der Waals surface area (Å²) >= 11 is 0. The standard InChI is InChI=1S/C52H100N4O8/c1-5-9-13-17-21-25-31-47(32-26-22-18-14-10-6-2)63-51(59)53-37-45-61-49(57)35-41-56(44-43-55-39-29-30-40-55)42-36-50(58)62-46-38-54-52(60)64-48(33-27-23-19-15-11-7-3)34-28-24-20-16-12-8-4/h47-48H,5-46H2,1-4H3,(H,53,59)(H,54,60). The van der Waals surface area contributed by atoms with Crippen molar-refractivity contribution in [3.8, 4) is 0 Å². The van der Waals surface area contributed by atoms with Crippen LogP contribution in [0.25, 0.3) is 0 Å². The van der Waals surface area contributed by atoms with E-state index in [9.17, 15) is 19.2 Å². The SMILES string of the molecule is CCCCCCCCC(CCCCCCCC)OC(=O)NCCOC(=O)CCN(CCC(=O)OCCNC(=O)OC(CCCCCCCC)CCCCCCCC)CCN1CCCC1. The van der Waals surface area contributed by atoms with Gasteiger partial charge in [-0.25, -0.2) is 9.59 Å². The summed E-state index contributed by atoms with van der Waals surface area (Å²) in [5.41, 5.74) is 0. The zero-order chi connectivity index (χ0) is 46.6. The van der Waals surface area contributed by atoms with Crippen molar-refractivity contribution in [3.63, 3.8) is 0 Å². The second-order valence-corrected chi connectivity index (χ2v) is 18.5. The van der Waals surface area contributed by atoms with E-state index in [0.29, 0.717) is 13.1 Å². The van der Waals surface area contributed by atoms with Gasteiger partial charge < -0.3 is 39.4 Å². The van der Waals surface area contributed by atoms with Gasteiger partial charge in [-0.3, -0.25) is 9.59 Å². The molecule has 0 radical (unpaired) electrons. The van der Waals surface area contributed by atoms with Crippen LogP contribution in [0.3, 0.4) is 0 Å². The zero-order valence-corrected chi connectivity index (χ0v) is 42.0. The first-order chi connectivity index (χ1) is 31.3. The van der Waals surface area contributed by atoms with Crippen molar-refractivity contribution < 1.29 is 38.1 Å². The summed E-state index contributed by atoms with van der Waals surface area (Å²) in [6.07, 6.45) is 34.3. The second kappa shape index (κ2) is 44.2. The number of ether oxygens (including phenoxy) is 4. The molecule has 376 valence electrons. The van der Waals surface area contributed by atoms with Crippen LogP contribution in [-0.4, -0.2) is 112 Å². The summed E-state index contributed by atoms with van der Waals surface area (Å²) in [7, 11) is 0. The summed E-state index contributed by atoms with van der Waals surface area (Å²) in [6.45, 7) is 14.1. The van der Waals surface area contributed by atoms with Gasteiger partial charge in [-0.15, -0.1) is 0 Å². The summed E-state index contributed by atoms with van der Waals surface area (Å²) in [5.74, 6) is -0.681. The topological polar surface area (TPSA) is 136 Å². The largest absolute Gasteiger partial charge is 0.464 e. The fourth-order valence-corrected chi connectivity index (χ4v) is 8.42. The third-order valence-corrected chi connectivity index (χ3v) is 12.5. The summed E-state index contributed by atoms with van der Waals surface area (Å²) < 4.78 is 22.6. The third-order valence-electron chi connectivity index (χ3n) is 12.5. The van der Waals surface area contributed by atoms with Crippen LogP contribution in [0, 0.1) is 0 Å². The number of unbranched alkanes of at least 4 members (excludes halogenated alkanes) is 20. The Hall–Kier alpha value is -2.60. The lowest BCUT2D eigenvalue weighted by Gasteiger charge is -2.24. The normalized spacial score (nSPS) is 12.9. The van der Waals surface area contributed by atoms with E-state index in [1.165, 1.54) is 141 Å². The number of rotatable bonds is 45. The lowest BCUT2D eigenvalue weighted by atomic mass is 10.0. The zero-order valence-electron chi connectivity index (χ0n) is 42.0. The highest BCUT2D eigenvalue weighted by Gasteiger charge is 2.18. The molecule has 0 aromatic carbocycles. The fraction of sp³-hybridized carbons (Fsp3) is 0.923. The van der Waals surface area contributed by atoms with Gasteiger partial charge in [-0.05, 0) is 77.3 Å². The summed E-state index contributed by atoms with van der Waals surface area (Å²) in [5, 5.41) is 5.56. The first-order valence-electron chi connectivity index (χ1n) is 27.0. The number of likely N-dealkylation sites (tertiary alicyclic amines) is 1. The third kappa shape index (κ3) is 37.6. The number of carbonyl (C=O) groups excluding carboxylic acids is 4. The summed E-state index contributed by atoms with van der Waals surface area (Å²) in [6, 6.07) is 0. The first-order valence-corrected chi connectivity index (χ1v) is 27.0. The Morgan fingerprint density at radius 1 is 0.469 bits per heavy atom. The van der Waals surface area contributed by atoms with Crippen molar-refractivity contribution >= 4 is 24.1 Å². The molecule has 0 unspecified atom stereocenters. The van der Waals surface area contributed by atoms with Crippen LogP contribution in [0.1, 0.15) is 233 Å². The minimum absolute atomic E-state index is 0.0774. The Kier molecular flexibility index (Phi) is 41.1. The van der Waals surface area contributed by atoms with Gasteiger partial charge in [0, 0.05) is 26.2 Å². The number of nitrogens with zero attached hydrogens (tertiary/aromatic N) is 2. The van der Waals surface area contributed by atoms with E-state index in [-0.39, 0.29) is 63.3 Å². The number of esters is 2. The van der Waals surface area contributed by atoms with E-state index in [1.807, 2.05) is 0 Å². The predicted molar refractivity (Wildman–Crippen MR) is 262 cm³/mol. The lowest BCUT2D eigenvalue weighted by Crippen LogP contribution is -2.37. The molecule has 64 heavy (non-hydrogen) atoms. The molecule has 0 aromatic heterocycles. The van der Waals surface area contributed by atoms with Gasteiger partial charge in [-0.2, -0.15) is 0 Å². The van der Waals surface area contributed by atoms with Gasteiger partial charge in [0.25, 0.3) is 0 Å². The van der Waals surface area contributed by atoms with E-state index in [0.717, 1.165) is 77.5 Å². The van der Waals surface area contributed by atoms with Gasteiger partial charge in [0.1, 0.15) is 25.4 Å². The van der Waals surface area contributed by atoms with Crippen molar-refractivity contribution in [2.24, 2.45) is 0 Å². The predicted octanol–water partition coefficient (Wildman–Crippen LogP) is 12.4. The smallest absolute Gasteiger partial charge is 0.407 e. The Balaban J connectivity index is 2.45. The second-order valence-electron chi connectivity index (χ2n) is 18.5. The van der Waals surface area contributed by atoms with Gasteiger partial charge in [0.15, 0.2) is 0 Å². The Labute approximate surface area is 392 Å². The molecule has 1 aliphatic heterocycles. The molecule has 0 aromatic rings. The van der Waals surface area contributed by atoms with E-state index >= 15 is 0 Å². The van der Waals surface area contributed by atoms with Crippen LogP contribution in [0.15, 0.2) is 0 Å². The monoisotopic (exact) mass is 909 g/mol. The molecule has 1 saturated heterocycles. The van der Waals surface area contributed by atoms with Gasteiger partial charge in [-0.1, -0.05) is 156 Å². The highest BCUT2D eigenvalue weighted by atomic mass is 16.6. The Morgan fingerprint density at radius 3 is 1.14 bits per heavy atom. The minimum atomic E-state index is -0.444. The Bertz CT molecular complexity index is 1000. The average molecular weight is 909 g/mol. The molecule has 0 aliphatic carbocycles. The van der Waals surface area contributed by atoms with Crippen molar-refractivity contribution in [2.75, 3.05) is 65.6 Å². The molecule has 0 atom stereocenters. The van der Waals surface area contributed by atoms with Crippen LogP contribution >= 0.6 is 0 Å². The van der Waals surface area contributed by atoms with Crippen LogP contribution in [0.4, 0.5) is 9.59 Å². The van der Waals surface area contributed by atoms with Crippen LogP contribution in [0.2, 0.25) is 0 Å². The molecular weight excluding hydrogens is 809 g/mol. The number of hydrogen-bond acceptors (Lipinski definition) is 10. The maximum Gasteiger partial charge on any atom is 0.407 e. The highest BCUT2D eigenvalue weighted by Crippen LogP contribution is 2.19. The molecule has 1 heterocycles. The van der Waals surface area contributed by atoms with Crippen LogP contribution in [0.5, 0.6) is 0 Å². The maximum atomic E-state index is 12.8. The Morgan fingerprint density at radius 2 is 0.797 bits per heavy atom. The molecule has 1 fully saturated rings. The number of alkyl carbamates (subject to hydrolysis) is 2.